The molecule has 2 heterocycles. The molecule has 0 aromatic heterocycles. The molecule has 3 amide bonds. The molecule has 5 rings (SSSR count). The van der Waals surface area contributed by atoms with Crippen molar-refractivity contribution >= 4 is 33.7 Å². The van der Waals surface area contributed by atoms with Crippen LogP contribution in [0.25, 0.3) is 0 Å². The van der Waals surface area contributed by atoms with Crippen molar-refractivity contribution in [3.8, 4) is 0 Å². The predicted molar refractivity (Wildman–Crippen MR) is 121 cm³/mol. The van der Waals surface area contributed by atoms with Gasteiger partial charge in [0.2, 0.25) is 21.8 Å². The van der Waals surface area contributed by atoms with Crippen LogP contribution < -0.4 is 10.0 Å². The number of carbonyl (C=O) groups is 4. The summed E-state index contributed by atoms with van der Waals surface area (Å²) in [7, 11) is -3.08. The summed E-state index contributed by atoms with van der Waals surface area (Å²) in [4.78, 5) is 50.9. The van der Waals surface area contributed by atoms with Gasteiger partial charge in [0.15, 0.2) is 0 Å². The van der Waals surface area contributed by atoms with Gasteiger partial charge in [-0.1, -0.05) is 30.3 Å². The SMILES string of the molecule is COC(=O)C1(NS(=O)(=O)c2cccc3c2CN(C2CCC(=O)NC2=O)C3=O)Cc2ccccc2C1. The van der Waals surface area contributed by atoms with Gasteiger partial charge in [0.1, 0.15) is 11.6 Å². The fourth-order valence-corrected chi connectivity index (χ4v) is 6.80. The van der Waals surface area contributed by atoms with Gasteiger partial charge in [0.05, 0.1) is 12.0 Å². The van der Waals surface area contributed by atoms with E-state index < -0.39 is 45.3 Å². The van der Waals surface area contributed by atoms with Crippen molar-refractivity contribution in [2.24, 2.45) is 0 Å². The molecule has 182 valence electrons. The van der Waals surface area contributed by atoms with Crippen molar-refractivity contribution in [3.05, 3.63) is 64.7 Å². The molecule has 3 aliphatic rings. The van der Waals surface area contributed by atoms with Crippen LogP contribution in [0.2, 0.25) is 0 Å². The second-order valence-corrected chi connectivity index (χ2v) is 10.6. The molecule has 0 saturated carbocycles. The van der Waals surface area contributed by atoms with E-state index in [1.54, 1.807) is 0 Å². The Morgan fingerprint density at radius 1 is 1.09 bits per heavy atom. The van der Waals surface area contributed by atoms with E-state index in [0.717, 1.165) is 11.1 Å². The van der Waals surface area contributed by atoms with E-state index >= 15 is 0 Å². The maximum absolute atomic E-state index is 13.6. The summed E-state index contributed by atoms with van der Waals surface area (Å²) in [6.45, 7) is -0.108. The van der Waals surface area contributed by atoms with Gasteiger partial charge in [-0.15, -0.1) is 0 Å². The van der Waals surface area contributed by atoms with Crippen LogP contribution in [-0.4, -0.2) is 55.7 Å². The fraction of sp³-hybridized carbons (Fsp3) is 0.333. The Labute approximate surface area is 201 Å². The highest BCUT2D eigenvalue weighted by Gasteiger charge is 2.49. The number of imide groups is 1. The molecular formula is C24H23N3O7S. The van der Waals surface area contributed by atoms with Gasteiger partial charge in [-0.05, 0) is 29.7 Å². The second kappa shape index (κ2) is 8.28. The summed E-state index contributed by atoms with van der Waals surface area (Å²) in [6, 6.07) is 10.8. The van der Waals surface area contributed by atoms with E-state index in [1.165, 1.54) is 30.2 Å². The van der Waals surface area contributed by atoms with Crippen LogP contribution in [0.3, 0.4) is 0 Å². The van der Waals surface area contributed by atoms with E-state index in [1.807, 2.05) is 24.3 Å². The van der Waals surface area contributed by atoms with Crippen LogP contribution in [0, 0.1) is 0 Å². The monoisotopic (exact) mass is 497 g/mol. The highest BCUT2D eigenvalue weighted by molar-refractivity contribution is 7.89. The molecule has 1 fully saturated rings. The van der Waals surface area contributed by atoms with Gasteiger partial charge in [-0.3, -0.25) is 24.5 Å². The average Bonchev–Trinajstić information content (AvgIpc) is 3.36. The number of hydrogen-bond acceptors (Lipinski definition) is 7. The molecular weight excluding hydrogens is 474 g/mol. The second-order valence-electron chi connectivity index (χ2n) is 8.98. The van der Waals surface area contributed by atoms with E-state index in [2.05, 4.69) is 10.0 Å². The molecule has 2 aromatic carbocycles. The Bertz CT molecular complexity index is 1360. The van der Waals surface area contributed by atoms with E-state index in [9.17, 15) is 27.6 Å². The lowest BCUT2D eigenvalue weighted by atomic mass is 9.97. The molecule has 0 spiro atoms. The number of sulfonamides is 1. The summed E-state index contributed by atoms with van der Waals surface area (Å²) < 4.78 is 34.9. The lowest BCUT2D eigenvalue weighted by Crippen LogP contribution is -2.56. The smallest absolute Gasteiger partial charge is 0.327 e. The minimum atomic E-state index is -4.28. The quantitative estimate of drug-likeness (QED) is 0.451. The largest absolute Gasteiger partial charge is 0.468 e. The lowest BCUT2D eigenvalue weighted by Gasteiger charge is -2.29. The molecule has 11 heteroatoms. The minimum Gasteiger partial charge on any atom is -0.468 e. The number of nitrogens with zero attached hydrogens (tertiary/aromatic N) is 1. The standard InChI is InChI=1S/C24H23N3O7S/c1-34-23(31)24(11-14-5-2-3-6-15(14)12-24)26-35(32,33)19-8-4-7-16-17(19)13-27(22(16)30)18-9-10-20(28)25-21(18)29/h2-8,18,26H,9-13H2,1H3,(H,25,28,29). The number of benzene rings is 2. The molecule has 35 heavy (non-hydrogen) atoms. The summed E-state index contributed by atoms with van der Waals surface area (Å²) in [5.74, 6) is -2.18. The number of methoxy groups -OCH3 is 1. The highest BCUT2D eigenvalue weighted by atomic mass is 32.2. The first-order valence-corrected chi connectivity index (χ1v) is 12.6. The summed E-state index contributed by atoms with van der Waals surface area (Å²) >= 11 is 0. The third-order valence-corrected chi connectivity index (χ3v) is 8.46. The van der Waals surface area contributed by atoms with Crippen molar-refractivity contribution in [3.63, 3.8) is 0 Å². The average molecular weight is 498 g/mol. The number of hydrogen-bond donors (Lipinski definition) is 2. The molecule has 2 aromatic rings. The van der Waals surface area contributed by atoms with Crippen LogP contribution in [0.1, 0.15) is 39.9 Å². The van der Waals surface area contributed by atoms with Crippen molar-refractivity contribution in [1.29, 1.82) is 0 Å². The lowest BCUT2D eigenvalue weighted by molar-refractivity contribution is -0.147. The third-order valence-electron chi connectivity index (χ3n) is 6.84. The molecule has 0 radical (unpaired) electrons. The number of piperidine rings is 1. The zero-order chi connectivity index (χ0) is 25.0. The van der Waals surface area contributed by atoms with Crippen molar-refractivity contribution in [2.45, 2.75) is 48.7 Å². The van der Waals surface area contributed by atoms with Crippen LogP contribution in [0.15, 0.2) is 47.4 Å². The van der Waals surface area contributed by atoms with Crippen LogP contribution in [0.4, 0.5) is 0 Å². The van der Waals surface area contributed by atoms with Gasteiger partial charge in [-0.2, -0.15) is 4.72 Å². The first-order valence-electron chi connectivity index (χ1n) is 11.1. The van der Waals surface area contributed by atoms with Gasteiger partial charge >= 0.3 is 5.97 Å². The number of amides is 3. The molecule has 1 saturated heterocycles. The van der Waals surface area contributed by atoms with Crippen LogP contribution >= 0.6 is 0 Å². The summed E-state index contributed by atoms with van der Waals surface area (Å²) in [6.07, 6.45) is 0.511. The molecule has 0 bridgehead atoms. The third kappa shape index (κ3) is 3.80. The Morgan fingerprint density at radius 2 is 1.77 bits per heavy atom. The minimum absolute atomic E-state index is 0.0887. The predicted octanol–water partition coefficient (Wildman–Crippen LogP) is 0.437. The van der Waals surface area contributed by atoms with E-state index in [0.29, 0.717) is 0 Å². The fourth-order valence-electron chi connectivity index (χ4n) is 5.19. The highest BCUT2D eigenvalue weighted by Crippen LogP contribution is 2.35. The molecule has 1 aliphatic carbocycles. The Kier molecular flexibility index (Phi) is 5.48. The molecule has 2 aliphatic heterocycles. The van der Waals surface area contributed by atoms with Crippen molar-refractivity contribution < 1.29 is 32.3 Å². The van der Waals surface area contributed by atoms with Crippen molar-refractivity contribution in [1.82, 2.24) is 14.9 Å². The number of nitrogens with one attached hydrogen (secondary N) is 2. The maximum atomic E-state index is 13.6. The van der Waals surface area contributed by atoms with Crippen LogP contribution in [0.5, 0.6) is 0 Å². The Hall–Kier alpha value is -3.57. The number of carbonyl (C=O) groups excluding carboxylic acids is 4. The number of ether oxygens (including phenoxy) is 1. The number of esters is 1. The van der Waals surface area contributed by atoms with E-state index in [-0.39, 0.29) is 48.3 Å². The van der Waals surface area contributed by atoms with Crippen molar-refractivity contribution in [2.75, 3.05) is 7.11 Å². The van der Waals surface area contributed by atoms with Gasteiger partial charge in [-0.25, -0.2) is 8.42 Å². The molecule has 1 unspecified atom stereocenters. The Morgan fingerprint density at radius 3 is 2.40 bits per heavy atom. The zero-order valence-corrected chi connectivity index (χ0v) is 19.7. The topological polar surface area (TPSA) is 139 Å². The maximum Gasteiger partial charge on any atom is 0.327 e. The van der Waals surface area contributed by atoms with Gasteiger partial charge in [0.25, 0.3) is 5.91 Å². The molecule has 2 N–H and O–H groups in total. The first-order chi connectivity index (χ1) is 16.6. The summed E-state index contributed by atoms with van der Waals surface area (Å²) in [5.41, 5.74) is 0.576. The van der Waals surface area contributed by atoms with Gasteiger partial charge < -0.3 is 9.64 Å². The van der Waals surface area contributed by atoms with Gasteiger partial charge in [0, 0.05) is 36.9 Å². The number of rotatable bonds is 5. The van der Waals surface area contributed by atoms with E-state index in [4.69, 9.17) is 4.74 Å². The number of fused-ring (bicyclic) bond motifs is 2. The molecule has 1 atom stereocenters. The first kappa shape index (κ1) is 23.2. The Balaban J connectivity index is 1.48. The summed E-state index contributed by atoms with van der Waals surface area (Å²) in [5, 5.41) is 2.23. The zero-order valence-electron chi connectivity index (χ0n) is 18.9. The van der Waals surface area contributed by atoms with Crippen LogP contribution in [-0.2, 0) is 48.5 Å². The molecule has 10 nitrogen and oxygen atoms in total. The normalized spacial score (nSPS) is 20.9.